The summed E-state index contributed by atoms with van der Waals surface area (Å²) in [4.78, 5) is 3.44. The second-order valence-corrected chi connectivity index (χ2v) is 7.50. The van der Waals surface area contributed by atoms with Crippen molar-refractivity contribution in [1.82, 2.24) is 4.98 Å². The Morgan fingerprint density at radius 3 is 2.76 bits per heavy atom. The minimum Gasteiger partial charge on any atom is -0.494 e. The number of para-hydroxylation sites is 1. The summed E-state index contributed by atoms with van der Waals surface area (Å²) in [5.74, 6) is 0.941. The zero-order chi connectivity index (χ0) is 17.4. The van der Waals surface area contributed by atoms with Crippen molar-refractivity contribution in [2.45, 2.75) is 45.1 Å². The van der Waals surface area contributed by atoms with Gasteiger partial charge in [-0.2, -0.15) is 0 Å². The number of hydrogen-bond donors (Lipinski definition) is 2. The van der Waals surface area contributed by atoms with Crippen LogP contribution in [0.1, 0.15) is 50.8 Å². The molecule has 2 N–H and O–H groups in total. The fraction of sp³-hybridized carbons (Fsp3) is 0.364. The maximum atomic E-state index is 5.85. The Bertz CT molecular complexity index is 894. The lowest BCUT2D eigenvalue weighted by Crippen LogP contribution is -2.25. The van der Waals surface area contributed by atoms with Gasteiger partial charge < -0.3 is 15.0 Å². The molecule has 0 bridgehead atoms. The second-order valence-electron chi connectivity index (χ2n) is 7.50. The molecule has 3 heteroatoms. The first-order valence-electron chi connectivity index (χ1n) is 9.21. The zero-order valence-electron chi connectivity index (χ0n) is 15.2. The van der Waals surface area contributed by atoms with Gasteiger partial charge in [0.2, 0.25) is 0 Å². The Hall–Kier alpha value is -2.42. The van der Waals surface area contributed by atoms with Gasteiger partial charge in [-0.15, -0.1) is 0 Å². The van der Waals surface area contributed by atoms with E-state index in [0.717, 1.165) is 30.7 Å². The Morgan fingerprint density at radius 1 is 1.12 bits per heavy atom. The molecule has 3 nitrogen and oxygen atoms in total. The third-order valence-electron chi connectivity index (χ3n) is 5.41. The van der Waals surface area contributed by atoms with E-state index in [0.29, 0.717) is 0 Å². The molecule has 3 aromatic rings. The number of fused-ring (bicyclic) bond motifs is 2. The van der Waals surface area contributed by atoms with E-state index in [-0.39, 0.29) is 11.5 Å². The SMILES string of the molecule is CCCCOc1ccc2c(C3Nc4ccccc4C3(C)C)c[nH]c2c1. The van der Waals surface area contributed by atoms with Crippen molar-refractivity contribution < 1.29 is 4.74 Å². The Labute approximate surface area is 149 Å². The molecule has 2 heterocycles. The predicted molar refractivity (Wildman–Crippen MR) is 105 cm³/mol. The normalized spacial score (nSPS) is 18.1. The molecule has 0 fully saturated rings. The number of rotatable bonds is 5. The van der Waals surface area contributed by atoms with Gasteiger partial charge in [0.1, 0.15) is 5.75 Å². The van der Waals surface area contributed by atoms with Gasteiger partial charge in [-0.3, -0.25) is 0 Å². The minimum absolute atomic E-state index is 0.0437. The first-order valence-corrected chi connectivity index (χ1v) is 9.21. The fourth-order valence-corrected chi connectivity index (χ4v) is 3.92. The lowest BCUT2D eigenvalue weighted by Gasteiger charge is -2.27. The molecular weight excluding hydrogens is 308 g/mol. The van der Waals surface area contributed by atoms with Crippen molar-refractivity contribution in [1.29, 1.82) is 0 Å². The summed E-state index contributed by atoms with van der Waals surface area (Å²) in [6.07, 6.45) is 4.39. The van der Waals surface area contributed by atoms with Gasteiger partial charge in [-0.25, -0.2) is 0 Å². The summed E-state index contributed by atoms with van der Waals surface area (Å²) in [5.41, 5.74) is 5.12. The largest absolute Gasteiger partial charge is 0.494 e. The molecule has 0 saturated carbocycles. The third kappa shape index (κ3) is 2.68. The lowest BCUT2D eigenvalue weighted by atomic mass is 9.78. The molecular formula is C22H26N2O. The number of H-pyrrole nitrogens is 1. The highest BCUT2D eigenvalue weighted by molar-refractivity contribution is 5.86. The van der Waals surface area contributed by atoms with Crippen LogP contribution in [-0.4, -0.2) is 11.6 Å². The summed E-state index contributed by atoms with van der Waals surface area (Å²) in [6, 6.07) is 15.3. The van der Waals surface area contributed by atoms with Crippen LogP contribution in [0.2, 0.25) is 0 Å². The maximum absolute atomic E-state index is 5.85. The van der Waals surface area contributed by atoms with Crippen LogP contribution in [0, 0.1) is 0 Å². The summed E-state index contributed by atoms with van der Waals surface area (Å²) in [6.45, 7) is 7.59. The molecule has 1 aliphatic heterocycles. The van der Waals surface area contributed by atoms with Gasteiger partial charge in [-0.05, 0) is 30.2 Å². The molecule has 0 radical (unpaired) electrons. The van der Waals surface area contributed by atoms with Crippen molar-refractivity contribution in [2.75, 3.05) is 11.9 Å². The summed E-state index contributed by atoms with van der Waals surface area (Å²) in [7, 11) is 0. The molecule has 1 aromatic heterocycles. The lowest BCUT2D eigenvalue weighted by molar-refractivity contribution is 0.310. The van der Waals surface area contributed by atoms with E-state index in [1.807, 2.05) is 0 Å². The molecule has 0 saturated heterocycles. The molecule has 0 amide bonds. The monoisotopic (exact) mass is 334 g/mol. The first-order chi connectivity index (χ1) is 12.1. The molecule has 1 aliphatic rings. The van der Waals surface area contributed by atoms with Crippen molar-refractivity contribution >= 4 is 16.6 Å². The summed E-state index contributed by atoms with van der Waals surface area (Å²) < 4.78 is 5.85. The van der Waals surface area contributed by atoms with Gasteiger partial charge in [0, 0.05) is 39.8 Å². The number of aromatic amines is 1. The van der Waals surface area contributed by atoms with Gasteiger partial charge in [0.25, 0.3) is 0 Å². The van der Waals surface area contributed by atoms with Gasteiger partial charge in [0.15, 0.2) is 0 Å². The number of aromatic nitrogens is 1. The van der Waals surface area contributed by atoms with Crippen molar-refractivity contribution in [3.63, 3.8) is 0 Å². The van der Waals surface area contributed by atoms with Crippen LogP contribution >= 0.6 is 0 Å². The van der Waals surface area contributed by atoms with E-state index in [1.54, 1.807) is 0 Å². The van der Waals surface area contributed by atoms with E-state index in [1.165, 1.54) is 22.2 Å². The van der Waals surface area contributed by atoms with E-state index in [4.69, 9.17) is 4.74 Å². The van der Waals surface area contributed by atoms with Crippen LogP contribution in [0.5, 0.6) is 5.75 Å². The van der Waals surface area contributed by atoms with Gasteiger partial charge in [0.05, 0.1) is 12.6 Å². The average Bonchev–Trinajstić information content (AvgIpc) is 3.13. The summed E-state index contributed by atoms with van der Waals surface area (Å²) in [5, 5.41) is 4.99. The van der Waals surface area contributed by atoms with E-state index >= 15 is 0 Å². The predicted octanol–water partition coefficient (Wildman–Crippen LogP) is 5.79. The van der Waals surface area contributed by atoms with Crippen LogP contribution < -0.4 is 10.1 Å². The van der Waals surface area contributed by atoms with Gasteiger partial charge >= 0.3 is 0 Å². The number of ether oxygens (including phenoxy) is 1. The first kappa shape index (κ1) is 16.1. The quantitative estimate of drug-likeness (QED) is 0.579. The third-order valence-corrected chi connectivity index (χ3v) is 5.41. The van der Waals surface area contributed by atoms with E-state index < -0.39 is 0 Å². The van der Waals surface area contributed by atoms with Crippen molar-refractivity contribution in [3.8, 4) is 5.75 Å². The Balaban J connectivity index is 1.67. The van der Waals surface area contributed by atoms with Crippen molar-refractivity contribution in [3.05, 3.63) is 59.8 Å². The molecule has 4 rings (SSSR count). The topological polar surface area (TPSA) is 37.0 Å². The van der Waals surface area contributed by atoms with Crippen molar-refractivity contribution in [2.24, 2.45) is 0 Å². The smallest absolute Gasteiger partial charge is 0.121 e. The maximum Gasteiger partial charge on any atom is 0.121 e. The van der Waals surface area contributed by atoms with E-state index in [9.17, 15) is 0 Å². The average molecular weight is 334 g/mol. The zero-order valence-corrected chi connectivity index (χ0v) is 15.2. The van der Waals surface area contributed by atoms with Crippen LogP contribution in [0.15, 0.2) is 48.7 Å². The molecule has 25 heavy (non-hydrogen) atoms. The van der Waals surface area contributed by atoms with Crippen LogP contribution in [0.3, 0.4) is 0 Å². The molecule has 0 aliphatic carbocycles. The highest BCUT2D eigenvalue weighted by Crippen LogP contribution is 2.49. The number of unbranched alkanes of at least 4 members (excludes halogenated alkanes) is 1. The highest BCUT2D eigenvalue weighted by Gasteiger charge is 2.40. The molecule has 1 unspecified atom stereocenters. The fourth-order valence-electron chi connectivity index (χ4n) is 3.92. The van der Waals surface area contributed by atoms with Crippen LogP contribution in [0.25, 0.3) is 10.9 Å². The van der Waals surface area contributed by atoms with Crippen LogP contribution in [0.4, 0.5) is 5.69 Å². The molecule has 1 atom stereocenters. The summed E-state index contributed by atoms with van der Waals surface area (Å²) >= 11 is 0. The van der Waals surface area contributed by atoms with E-state index in [2.05, 4.69) is 79.7 Å². The number of nitrogens with one attached hydrogen (secondary N) is 2. The van der Waals surface area contributed by atoms with Crippen LogP contribution in [-0.2, 0) is 5.41 Å². The molecule has 2 aromatic carbocycles. The highest BCUT2D eigenvalue weighted by atomic mass is 16.5. The Morgan fingerprint density at radius 2 is 1.96 bits per heavy atom. The number of hydrogen-bond acceptors (Lipinski definition) is 2. The second kappa shape index (κ2) is 6.14. The number of benzene rings is 2. The minimum atomic E-state index is 0.0437. The molecule has 0 spiro atoms. The Kier molecular flexibility index (Phi) is 3.95. The standard InChI is InChI=1S/C22H26N2O/c1-4-5-12-25-15-10-11-16-17(14-23-20(16)13-15)21-22(2,3)18-8-6-7-9-19(18)24-21/h6-11,13-14,21,23-24H,4-5,12H2,1-3H3. The van der Waals surface area contributed by atoms with Gasteiger partial charge in [-0.1, -0.05) is 45.4 Å². The molecule has 130 valence electrons. The number of anilines is 1.